The molecule has 0 fully saturated rings. The average Bonchev–Trinajstić information content (AvgIpc) is 3.69. The highest BCUT2D eigenvalue weighted by molar-refractivity contribution is 6.19. The van der Waals surface area contributed by atoms with Crippen molar-refractivity contribution in [2.45, 2.75) is 0 Å². The summed E-state index contributed by atoms with van der Waals surface area (Å²) >= 11 is 0. The molecule has 290 valence electrons. The minimum atomic E-state index is 1.10. The van der Waals surface area contributed by atoms with Gasteiger partial charge in [0.15, 0.2) is 0 Å². The molecule has 1 heterocycles. The van der Waals surface area contributed by atoms with E-state index in [1.54, 1.807) is 0 Å². The van der Waals surface area contributed by atoms with Crippen molar-refractivity contribution >= 4 is 71.2 Å². The van der Waals surface area contributed by atoms with Gasteiger partial charge in [0.1, 0.15) is 0 Å². The molecule has 0 amide bonds. The lowest BCUT2D eigenvalue weighted by Crippen LogP contribution is -2.09. The third-order valence-corrected chi connectivity index (χ3v) is 12.6. The van der Waals surface area contributed by atoms with E-state index in [1.165, 1.54) is 87.5 Å². The minimum absolute atomic E-state index is 1.10. The van der Waals surface area contributed by atoms with Gasteiger partial charge in [-0.3, -0.25) is 0 Å². The summed E-state index contributed by atoms with van der Waals surface area (Å²) in [5, 5.41) is 9.98. The zero-order chi connectivity index (χ0) is 41.0. The van der Waals surface area contributed by atoms with Gasteiger partial charge in [-0.25, -0.2) is 0 Å². The third-order valence-electron chi connectivity index (χ3n) is 12.6. The van der Waals surface area contributed by atoms with E-state index in [9.17, 15) is 0 Å². The first kappa shape index (κ1) is 35.7. The lowest BCUT2D eigenvalue weighted by Gasteiger charge is -2.26. The van der Waals surface area contributed by atoms with Gasteiger partial charge in [-0.2, -0.15) is 0 Å². The van der Waals surface area contributed by atoms with Crippen molar-refractivity contribution in [3.8, 4) is 39.1 Å². The Morgan fingerprint density at radius 2 is 0.694 bits per heavy atom. The van der Waals surface area contributed by atoms with E-state index in [-0.39, 0.29) is 0 Å². The normalized spacial score (nSPS) is 11.5. The number of anilines is 3. The largest absolute Gasteiger partial charge is 0.310 e. The van der Waals surface area contributed by atoms with Gasteiger partial charge in [0.05, 0.1) is 11.0 Å². The van der Waals surface area contributed by atoms with E-state index in [1.807, 2.05) is 0 Å². The SMILES string of the molecule is c1ccc(-c2ccc(-c3ccc(N(c4ccc(-c5ccc6c7ccc8ccccc8c7n(-c7ccccc7)c6c5)cc4)c4ccc5ccc6ccccc6c5c4)cc3)cc2)cc1. The Bertz CT molecular complexity index is 3590. The first-order valence-electron chi connectivity index (χ1n) is 21.3. The molecule has 0 aliphatic rings. The van der Waals surface area contributed by atoms with E-state index in [0.29, 0.717) is 0 Å². The summed E-state index contributed by atoms with van der Waals surface area (Å²) < 4.78 is 2.44. The van der Waals surface area contributed by atoms with Gasteiger partial charge < -0.3 is 9.47 Å². The summed E-state index contributed by atoms with van der Waals surface area (Å²) in [5.74, 6) is 0. The van der Waals surface area contributed by atoms with E-state index in [4.69, 9.17) is 0 Å². The van der Waals surface area contributed by atoms with Crippen LogP contribution in [0.4, 0.5) is 17.1 Å². The highest BCUT2D eigenvalue weighted by atomic mass is 15.1. The molecule has 0 radical (unpaired) electrons. The standard InChI is InChI=1S/C60H40N2/c1-3-11-41(12-4-1)42-19-21-43(22-20-42)44-25-32-51(33-26-44)61(53-36-29-48-24-23-46-13-7-9-17-54(46)58(48)40-53)52-34-27-45(28-35-52)49-31-37-56-57-38-30-47-14-8-10-18-55(47)60(57)62(59(56)39-49)50-15-5-2-6-16-50/h1-40H. The molecule has 1 aromatic heterocycles. The summed E-state index contributed by atoms with van der Waals surface area (Å²) in [5.41, 5.74) is 14.1. The molecular formula is C60H40N2. The van der Waals surface area contributed by atoms with Gasteiger partial charge in [-0.1, -0.05) is 188 Å². The molecule has 0 unspecified atom stereocenters. The Kier molecular flexibility index (Phi) is 8.53. The summed E-state index contributed by atoms with van der Waals surface area (Å²) in [7, 11) is 0. The Balaban J connectivity index is 0.960. The highest BCUT2D eigenvalue weighted by Crippen LogP contribution is 2.41. The van der Waals surface area contributed by atoms with Crippen LogP contribution in [0.1, 0.15) is 0 Å². The van der Waals surface area contributed by atoms with Gasteiger partial charge in [0, 0.05) is 38.9 Å². The molecule has 2 heteroatoms. The smallest absolute Gasteiger partial charge is 0.0619 e. The molecule has 62 heavy (non-hydrogen) atoms. The number of fused-ring (bicyclic) bond motifs is 8. The average molecular weight is 789 g/mol. The predicted octanol–water partition coefficient (Wildman–Crippen LogP) is 16.7. The van der Waals surface area contributed by atoms with Crippen molar-refractivity contribution in [1.29, 1.82) is 0 Å². The van der Waals surface area contributed by atoms with Crippen LogP contribution in [0.3, 0.4) is 0 Å². The number of hydrogen-bond donors (Lipinski definition) is 0. The fourth-order valence-electron chi connectivity index (χ4n) is 9.47. The van der Waals surface area contributed by atoms with Crippen LogP contribution in [0.15, 0.2) is 243 Å². The van der Waals surface area contributed by atoms with Crippen LogP contribution >= 0.6 is 0 Å². The van der Waals surface area contributed by atoms with Crippen LogP contribution in [0, 0.1) is 0 Å². The van der Waals surface area contributed by atoms with Crippen molar-refractivity contribution in [3.63, 3.8) is 0 Å². The topological polar surface area (TPSA) is 8.17 Å². The quantitative estimate of drug-likeness (QED) is 0.146. The van der Waals surface area contributed by atoms with E-state index in [2.05, 4.69) is 252 Å². The number of nitrogens with zero attached hydrogens (tertiary/aromatic N) is 2. The van der Waals surface area contributed by atoms with E-state index < -0.39 is 0 Å². The number of para-hydroxylation sites is 1. The van der Waals surface area contributed by atoms with E-state index >= 15 is 0 Å². The van der Waals surface area contributed by atoms with Crippen molar-refractivity contribution < 1.29 is 0 Å². The van der Waals surface area contributed by atoms with Gasteiger partial charge in [-0.05, 0) is 115 Å². The van der Waals surface area contributed by atoms with Gasteiger partial charge in [-0.15, -0.1) is 0 Å². The molecule has 0 bridgehead atoms. The van der Waals surface area contributed by atoms with E-state index in [0.717, 1.165) is 22.7 Å². The minimum Gasteiger partial charge on any atom is -0.310 e. The van der Waals surface area contributed by atoms with Crippen LogP contribution in [-0.2, 0) is 0 Å². The van der Waals surface area contributed by atoms with Crippen molar-refractivity contribution in [2.75, 3.05) is 4.90 Å². The molecule has 11 aromatic carbocycles. The van der Waals surface area contributed by atoms with Gasteiger partial charge >= 0.3 is 0 Å². The number of benzene rings is 11. The maximum Gasteiger partial charge on any atom is 0.0619 e. The molecule has 2 nitrogen and oxygen atoms in total. The first-order chi connectivity index (χ1) is 30.7. The molecular weight excluding hydrogens is 749 g/mol. The Labute approximate surface area is 360 Å². The summed E-state index contributed by atoms with van der Waals surface area (Å²) in [4.78, 5) is 2.38. The number of rotatable bonds is 7. The van der Waals surface area contributed by atoms with Crippen molar-refractivity contribution in [1.82, 2.24) is 4.57 Å². The van der Waals surface area contributed by atoms with Crippen LogP contribution in [-0.4, -0.2) is 4.57 Å². The lowest BCUT2D eigenvalue weighted by molar-refractivity contribution is 1.19. The summed E-state index contributed by atoms with van der Waals surface area (Å²) in [6, 6.07) is 88.4. The molecule has 12 aromatic rings. The predicted molar refractivity (Wildman–Crippen MR) is 264 cm³/mol. The highest BCUT2D eigenvalue weighted by Gasteiger charge is 2.18. The fraction of sp³-hybridized carbons (Fsp3) is 0. The Morgan fingerprint density at radius 3 is 1.35 bits per heavy atom. The third kappa shape index (κ3) is 6.12. The second kappa shape index (κ2) is 14.8. The van der Waals surface area contributed by atoms with Gasteiger partial charge in [0.25, 0.3) is 0 Å². The zero-order valence-corrected chi connectivity index (χ0v) is 34.0. The zero-order valence-electron chi connectivity index (χ0n) is 34.0. The molecule has 12 rings (SSSR count). The van der Waals surface area contributed by atoms with Crippen LogP contribution in [0.25, 0.3) is 93.2 Å². The Hall–Kier alpha value is -8.20. The molecule has 0 aliphatic carbocycles. The second-order valence-electron chi connectivity index (χ2n) is 16.2. The second-order valence-corrected chi connectivity index (χ2v) is 16.2. The molecule has 0 spiro atoms. The maximum atomic E-state index is 2.44. The molecule has 0 saturated carbocycles. The molecule has 0 N–H and O–H groups in total. The number of aromatic nitrogens is 1. The first-order valence-corrected chi connectivity index (χ1v) is 21.3. The van der Waals surface area contributed by atoms with Crippen molar-refractivity contribution in [2.24, 2.45) is 0 Å². The molecule has 0 saturated heterocycles. The monoisotopic (exact) mass is 788 g/mol. The van der Waals surface area contributed by atoms with Crippen LogP contribution < -0.4 is 4.90 Å². The summed E-state index contributed by atoms with van der Waals surface area (Å²) in [6.07, 6.45) is 0. The van der Waals surface area contributed by atoms with Gasteiger partial charge in [0.2, 0.25) is 0 Å². The molecule has 0 aliphatic heterocycles. The molecule has 0 atom stereocenters. The van der Waals surface area contributed by atoms with Crippen molar-refractivity contribution in [3.05, 3.63) is 243 Å². The number of hydrogen-bond acceptors (Lipinski definition) is 1. The van der Waals surface area contributed by atoms with Crippen LogP contribution in [0.5, 0.6) is 0 Å². The Morgan fingerprint density at radius 1 is 0.258 bits per heavy atom. The maximum absolute atomic E-state index is 2.44. The lowest BCUT2D eigenvalue weighted by atomic mass is 9.99. The van der Waals surface area contributed by atoms with Crippen LogP contribution in [0.2, 0.25) is 0 Å². The fourth-order valence-corrected chi connectivity index (χ4v) is 9.47. The summed E-state index contributed by atoms with van der Waals surface area (Å²) in [6.45, 7) is 0.